The Kier molecular flexibility index (Phi) is 15.7. The summed E-state index contributed by atoms with van der Waals surface area (Å²) in [5, 5.41) is 16.1. The van der Waals surface area contributed by atoms with E-state index >= 15 is 0 Å². The molecule has 2 aliphatic rings. The summed E-state index contributed by atoms with van der Waals surface area (Å²) in [5.41, 5.74) is 3.31. The number of benzene rings is 4. The van der Waals surface area contributed by atoms with Gasteiger partial charge in [0.25, 0.3) is 50.5 Å². The van der Waals surface area contributed by atoms with Gasteiger partial charge in [-0.3, -0.25) is 28.0 Å². The third kappa shape index (κ3) is 12.0. The number of hydrogen-bond donors (Lipinski definition) is 6. The minimum Gasteiger partial charge on any atom is -0.344 e. The summed E-state index contributed by atoms with van der Waals surface area (Å²) >= 11 is 0.596. The molecule has 414 valence electrons. The Morgan fingerprint density at radius 2 is 1.47 bits per heavy atom. The Hall–Kier alpha value is -6.18. The van der Waals surface area contributed by atoms with Gasteiger partial charge < -0.3 is 10.2 Å². The van der Waals surface area contributed by atoms with Crippen LogP contribution in [-0.4, -0.2) is 111 Å². The number of nitrogens with zero attached hydrogens (tertiary/aromatic N) is 5. The number of amides is 1. The number of aromatic nitrogens is 3. The SMILES string of the molecule is CCCCN1C(=CC=C(C=CC2=[N+](CCCS(=O)(=O)O)c3ccc4c(S(=O)(=O)O)cc(S(=O)(=O)O)cc4c3C2(C)C)c2ccc(CCC(=O)Nc3nnc(S(N)(=O)=O)s3)cn2)C(C)(C)c2c1ccc1ccc(S(=O)(=O)O)cc21. The molecule has 0 spiro atoms. The number of aryl methyl sites for hydroxylation is 1. The number of nitrogens with two attached hydrogens (primary N) is 1. The second kappa shape index (κ2) is 21.1. The van der Waals surface area contributed by atoms with Crippen LogP contribution in [0.3, 0.4) is 0 Å². The third-order valence-corrected chi connectivity index (χ3v) is 19.1. The highest BCUT2D eigenvalue weighted by Gasteiger charge is 2.47. The average Bonchev–Trinajstić information content (AvgIpc) is 4.20. The van der Waals surface area contributed by atoms with E-state index in [1.54, 1.807) is 61.0 Å². The van der Waals surface area contributed by atoms with Crippen molar-refractivity contribution in [3.8, 4) is 0 Å². The molecule has 0 fully saturated rings. The summed E-state index contributed by atoms with van der Waals surface area (Å²) in [6, 6.07) is 16.4. The van der Waals surface area contributed by atoms with Gasteiger partial charge in [-0.25, -0.2) is 13.6 Å². The summed E-state index contributed by atoms with van der Waals surface area (Å²) in [5.74, 6) is -1.13. The van der Waals surface area contributed by atoms with Crippen LogP contribution in [-0.2, 0) is 72.5 Å². The average molecular weight is 1190 g/mol. The van der Waals surface area contributed by atoms with Crippen molar-refractivity contribution in [3.05, 3.63) is 125 Å². The van der Waals surface area contributed by atoms with E-state index in [0.29, 0.717) is 63.1 Å². The first-order valence-electron chi connectivity index (χ1n) is 23.9. The highest BCUT2D eigenvalue weighted by atomic mass is 32.3. The Morgan fingerprint density at radius 1 is 0.782 bits per heavy atom. The van der Waals surface area contributed by atoms with Crippen molar-refractivity contribution >= 4 is 117 Å². The van der Waals surface area contributed by atoms with Crippen LogP contribution in [0.1, 0.15) is 82.7 Å². The first-order valence-corrected chi connectivity index (χ1v) is 32.2. The van der Waals surface area contributed by atoms with Gasteiger partial charge >= 0.3 is 0 Å². The first-order chi connectivity index (χ1) is 36.2. The predicted octanol–water partition coefficient (Wildman–Crippen LogP) is 6.97. The Balaban J connectivity index is 1.27. The summed E-state index contributed by atoms with van der Waals surface area (Å²) in [6.07, 6.45) is 10.5. The normalized spacial score (nSPS) is 16.5. The van der Waals surface area contributed by atoms with Gasteiger partial charge in [0, 0.05) is 71.0 Å². The minimum absolute atomic E-state index is 0.0351. The molecule has 4 heterocycles. The van der Waals surface area contributed by atoms with E-state index in [1.165, 1.54) is 18.2 Å². The molecule has 2 aromatic heterocycles. The number of pyridine rings is 1. The van der Waals surface area contributed by atoms with Crippen LogP contribution in [0.25, 0.3) is 27.1 Å². The summed E-state index contributed by atoms with van der Waals surface area (Å²) in [6.45, 7) is 10.1. The van der Waals surface area contributed by atoms with Crippen LogP contribution in [0, 0.1) is 0 Å². The molecular formula is C50H54N7O15S6+. The third-order valence-electron chi connectivity index (χ3n) is 13.6. The van der Waals surface area contributed by atoms with Crippen LogP contribution in [0.15, 0.2) is 122 Å². The fourth-order valence-corrected chi connectivity index (χ4v) is 13.7. The maximum absolute atomic E-state index is 12.9. The zero-order chi connectivity index (χ0) is 57.1. The van der Waals surface area contributed by atoms with E-state index in [9.17, 15) is 65.1 Å². The van der Waals surface area contributed by atoms with Crippen molar-refractivity contribution in [2.75, 3.05) is 29.1 Å². The van der Waals surface area contributed by atoms with E-state index in [2.05, 4.69) is 27.3 Å². The maximum atomic E-state index is 12.9. The van der Waals surface area contributed by atoms with E-state index in [1.807, 2.05) is 38.1 Å². The lowest BCUT2D eigenvalue weighted by molar-refractivity contribution is -0.437. The number of sulfonamides is 1. The molecule has 0 bridgehead atoms. The monoisotopic (exact) mass is 1180 g/mol. The van der Waals surface area contributed by atoms with Crippen LogP contribution >= 0.6 is 11.3 Å². The Morgan fingerprint density at radius 3 is 2.09 bits per heavy atom. The molecule has 28 heteroatoms. The Bertz CT molecular complexity index is 4190. The number of nitrogens with one attached hydrogen (secondary N) is 1. The molecule has 0 atom stereocenters. The van der Waals surface area contributed by atoms with Crippen LogP contribution in [0.5, 0.6) is 0 Å². The van der Waals surface area contributed by atoms with Crippen molar-refractivity contribution in [1.82, 2.24) is 15.2 Å². The molecule has 8 rings (SSSR count). The van der Waals surface area contributed by atoms with Gasteiger partial charge in [-0.1, -0.05) is 62.8 Å². The molecule has 78 heavy (non-hydrogen) atoms. The molecule has 4 aromatic carbocycles. The number of allylic oxidation sites excluding steroid dienone is 6. The van der Waals surface area contributed by atoms with Crippen molar-refractivity contribution < 1.29 is 69.7 Å². The molecule has 0 saturated carbocycles. The molecule has 0 unspecified atom stereocenters. The highest BCUT2D eigenvalue weighted by molar-refractivity contribution is 7.91. The van der Waals surface area contributed by atoms with Crippen LogP contribution in [0.2, 0.25) is 0 Å². The van der Waals surface area contributed by atoms with Gasteiger partial charge in [0.2, 0.25) is 21.1 Å². The summed E-state index contributed by atoms with van der Waals surface area (Å²) < 4.78 is 164. The number of anilines is 2. The van der Waals surface area contributed by atoms with E-state index in [-0.39, 0.29) is 46.6 Å². The molecule has 0 saturated heterocycles. The van der Waals surface area contributed by atoms with Crippen molar-refractivity contribution in [2.24, 2.45) is 5.14 Å². The lowest BCUT2D eigenvalue weighted by atomic mass is 9.79. The molecule has 6 aromatic rings. The second-order valence-electron chi connectivity index (χ2n) is 19.7. The summed E-state index contributed by atoms with van der Waals surface area (Å²) in [7, 11) is -23.3. The number of hydrogen-bond acceptors (Lipinski definition) is 16. The van der Waals surface area contributed by atoms with Crippen LogP contribution < -0.4 is 15.4 Å². The molecule has 7 N–H and O–H groups in total. The van der Waals surface area contributed by atoms with Gasteiger partial charge in [-0.15, -0.1) is 10.2 Å². The zero-order valence-electron chi connectivity index (χ0n) is 42.4. The molecule has 2 aliphatic heterocycles. The number of fused-ring (bicyclic) bond motifs is 6. The number of carbonyl (C=O) groups is 1. The largest absolute Gasteiger partial charge is 0.344 e. The number of carbonyl (C=O) groups excluding carboxylic acids is 1. The second-order valence-corrected chi connectivity index (χ2v) is 28.2. The van der Waals surface area contributed by atoms with Crippen molar-refractivity contribution in [2.45, 2.75) is 96.6 Å². The van der Waals surface area contributed by atoms with Crippen LogP contribution in [0.4, 0.5) is 16.5 Å². The van der Waals surface area contributed by atoms with Gasteiger partial charge in [0.05, 0.1) is 26.7 Å². The molecule has 1 amide bonds. The van der Waals surface area contributed by atoms with Crippen molar-refractivity contribution in [3.63, 3.8) is 0 Å². The van der Waals surface area contributed by atoms with E-state index in [0.717, 1.165) is 41.2 Å². The van der Waals surface area contributed by atoms with Gasteiger partial charge in [-0.2, -0.15) is 38.2 Å². The van der Waals surface area contributed by atoms with E-state index in [4.69, 9.17) is 10.1 Å². The molecule has 0 aliphatic carbocycles. The minimum atomic E-state index is -5.08. The van der Waals surface area contributed by atoms with E-state index < -0.39 is 87.1 Å². The first kappa shape index (κ1) is 58.0. The fraction of sp³-hybridized carbons (Fsp3) is 0.300. The summed E-state index contributed by atoms with van der Waals surface area (Å²) in [4.78, 5) is 18.0. The fourth-order valence-electron chi connectivity index (χ4n) is 10.0. The van der Waals surface area contributed by atoms with Gasteiger partial charge in [0.15, 0.2) is 5.71 Å². The predicted molar refractivity (Wildman–Crippen MR) is 294 cm³/mol. The lowest BCUT2D eigenvalue weighted by Crippen LogP contribution is -2.28. The highest BCUT2D eigenvalue weighted by Crippen LogP contribution is 2.52. The number of unbranched alkanes of at least 4 members (excludes halogenated alkanes) is 1. The smallest absolute Gasteiger partial charge is 0.295 e. The number of rotatable bonds is 19. The van der Waals surface area contributed by atoms with Crippen molar-refractivity contribution in [1.29, 1.82) is 0 Å². The topological polar surface area (TPSA) is 352 Å². The zero-order valence-corrected chi connectivity index (χ0v) is 47.3. The standard InChI is InChI=1S/C50H53N7O15S6/c1-6-7-23-56-39-18-12-31-11-15-33(76(64,65)66)26-36(31)45(39)49(2,3)42(56)20-13-32(38-17-9-30(29-52-38)10-22-44(58)53-47-54-55-48(73-47)75(51,62)63)14-21-43-50(4,5)46-37-27-34(77(67,68)69)28-41(78(70,71)72)35(37)16-19-40(46)57(43)24-8-25-74(59,60)61/h9,11-21,26-29H,6-8,10,22-25H2,1-5H3,(H6-,51,53,54,58,59,60,61,62,63,64,65,66,67,68,69,70,71,72)/p+1. The lowest BCUT2D eigenvalue weighted by Gasteiger charge is -2.27. The molecular weight excluding hydrogens is 1130 g/mol. The maximum Gasteiger partial charge on any atom is 0.295 e. The van der Waals surface area contributed by atoms with Gasteiger partial charge in [-0.05, 0) is 109 Å². The molecule has 0 radical (unpaired) electrons. The number of primary sulfonamides is 1. The Labute approximate surface area is 455 Å². The quantitative estimate of drug-likeness (QED) is 0.0206. The molecule has 22 nitrogen and oxygen atoms in total. The van der Waals surface area contributed by atoms with Gasteiger partial charge in [0.1, 0.15) is 11.4 Å².